The number of phenols is 1. The van der Waals surface area contributed by atoms with Crippen molar-refractivity contribution in [2.45, 2.75) is 25.8 Å². The fraction of sp³-hybridized carbons (Fsp3) is 0.208. The molecule has 4 rings (SSSR count). The average molecular weight is 417 g/mol. The van der Waals surface area contributed by atoms with E-state index >= 15 is 0 Å². The van der Waals surface area contributed by atoms with Crippen molar-refractivity contribution in [2.24, 2.45) is 0 Å². The summed E-state index contributed by atoms with van der Waals surface area (Å²) >= 11 is 0. The molecule has 1 unspecified atom stereocenters. The van der Waals surface area contributed by atoms with Gasteiger partial charge in [0.05, 0.1) is 12.2 Å². The maximum absolute atomic E-state index is 12.9. The minimum atomic E-state index is -0.847. The second-order valence-corrected chi connectivity index (χ2v) is 7.21. The lowest BCUT2D eigenvalue weighted by Gasteiger charge is -2.18. The van der Waals surface area contributed by atoms with Gasteiger partial charge in [-0.3, -0.25) is 9.78 Å². The highest BCUT2D eigenvalue weighted by Gasteiger charge is 2.25. The van der Waals surface area contributed by atoms with Gasteiger partial charge in [-0.15, -0.1) is 0 Å². The molecule has 7 heteroatoms. The first-order valence-electron chi connectivity index (χ1n) is 10.2. The summed E-state index contributed by atoms with van der Waals surface area (Å²) in [6.45, 7) is 1.93. The van der Waals surface area contributed by atoms with Gasteiger partial charge in [-0.25, -0.2) is 4.79 Å². The highest BCUT2D eigenvalue weighted by Crippen LogP contribution is 2.27. The van der Waals surface area contributed by atoms with Crippen LogP contribution in [-0.2, 0) is 16.0 Å². The predicted molar refractivity (Wildman–Crippen MR) is 118 cm³/mol. The van der Waals surface area contributed by atoms with E-state index in [2.05, 4.69) is 15.3 Å². The molecule has 2 aromatic heterocycles. The predicted octanol–water partition coefficient (Wildman–Crippen LogP) is 3.72. The molecule has 2 heterocycles. The molecule has 1 amide bonds. The number of nitrogens with zero attached hydrogens (tertiary/aromatic N) is 1. The third-order valence-electron chi connectivity index (χ3n) is 5.25. The first kappa shape index (κ1) is 20.4. The minimum Gasteiger partial charge on any atom is -0.505 e. The average Bonchev–Trinajstić information content (AvgIpc) is 3.20. The Kier molecular flexibility index (Phi) is 5.84. The summed E-state index contributed by atoms with van der Waals surface area (Å²) < 4.78 is 5.16. The number of aromatic hydroxyl groups is 1. The highest BCUT2D eigenvalue weighted by atomic mass is 16.5. The Morgan fingerprint density at radius 1 is 1.16 bits per heavy atom. The Hall–Kier alpha value is -3.87. The fourth-order valence-electron chi connectivity index (χ4n) is 3.68. The van der Waals surface area contributed by atoms with Crippen LogP contribution in [0.4, 0.5) is 0 Å². The first-order valence-corrected chi connectivity index (χ1v) is 10.2. The zero-order valence-electron chi connectivity index (χ0n) is 17.1. The van der Waals surface area contributed by atoms with E-state index in [-0.39, 0.29) is 17.9 Å². The summed E-state index contributed by atoms with van der Waals surface area (Å²) in [6.07, 6.45) is 4.39. The molecule has 0 aliphatic carbocycles. The first-order chi connectivity index (χ1) is 15.1. The molecule has 0 spiro atoms. The second kappa shape index (κ2) is 8.87. The van der Waals surface area contributed by atoms with Crippen LogP contribution in [0, 0.1) is 0 Å². The molecule has 0 radical (unpaired) electrons. The molecule has 0 aliphatic heterocycles. The largest absolute Gasteiger partial charge is 0.505 e. The van der Waals surface area contributed by atoms with Gasteiger partial charge < -0.3 is 20.1 Å². The van der Waals surface area contributed by atoms with Gasteiger partial charge in [-0.05, 0) is 43.5 Å². The number of phenolic OH excluding ortho intramolecular Hbond substituents is 1. The van der Waals surface area contributed by atoms with Crippen molar-refractivity contribution in [1.82, 2.24) is 15.3 Å². The fourth-order valence-corrected chi connectivity index (χ4v) is 3.68. The molecule has 1 atom stereocenters. The van der Waals surface area contributed by atoms with Crippen LogP contribution in [0.5, 0.6) is 5.75 Å². The Labute approximate surface area is 179 Å². The van der Waals surface area contributed by atoms with Crippen LogP contribution in [0.1, 0.15) is 29.3 Å². The van der Waals surface area contributed by atoms with Gasteiger partial charge in [0.2, 0.25) is 0 Å². The summed E-state index contributed by atoms with van der Waals surface area (Å²) in [5.74, 6) is -1.27. The van der Waals surface area contributed by atoms with Gasteiger partial charge in [0, 0.05) is 28.7 Å². The summed E-state index contributed by atoms with van der Waals surface area (Å²) in [7, 11) is 0. The summed E-state index contributed by atoms with van der Waals surface area (Å²) in [5.41, 5.74) is 2.47. The molecule has 158 valence electrons. The summed E-state index contributed by atoms with van der Waals surface area (Å²) in [4.78, 5) is 32.8. The number of H-pyrrole nitrogens is 1. The number of carbonyl (C=O) groups excluding carboxylic acids is 2. The smallest absolute Gasteiger partial charge is 0.328 e. The van der Waals surface area contributed by atoms with Gasteiger partial charge in [-0.1, -0.05) is 30.3 Å². The van der Waals surface area contributed by atoms with Gasteiger partial charge in [0.15, 0.2) is 5.75 Å². The number of hydrogen-bond donors (Lipinski definition) is 3. The number of aryl methyl sites for hydroxylation is 1. The lowest BCUT2D eigenvalue weighted by atomic mass is 10.0. The number of ether oxygens (including phenoxy) is 1. The molecular formula is C24H23N3O4. The number of amides is 1. The second-order valence-electron chi connectivity index (χ2n) is 7.21. The van der Waals surface area contributed by atoms with Crippen LogP contribution in [0.25, 0.3) is 21.8 Å². The van der Waals surface area contributed by atoms with Gasteiger partial charge >= 0.3 is 5.97 Å². The molecule has 7 nitrogen and oxygen atoms in total. The molecule has 0 saturated heterocycles. The van der Waals surface area contributed by atoms with E-state index in [1.54, 1.807) is 31.3 Å². The SMILES string of the molecule is CCOC(=O)C(CCc1c[nH]c2ccccc12)NC(=O)c1ccc2cccnc2c1O. The lowest BCUT2D eigenvalue weighted by Crippen LogP contribution is -2.42. The molecule has 4 aromatic rings. The topological polar surface area (TPSA) is 104 Å². The van der Waals surface area contributed by atoms with Crippen molar-refractivity contribution in [1.29, 1.82) is 0 Å². The van der Waals surface area contributed by atoms with Crippen molar-refractivity contribution in [3.05, 3.63) is 72.1 Å². The van der Waals surface area contributed by atoms with E-state index < -0.39 is 17.9 Å². The number of carbonyl (C=O) groups is 2. The Bertz CT molecular complexity index is 1250. The van der Waals surface area contributed by atoms with Crippen LogP contribution < -0.4 is 5.32 Å². The molecule has 0 bridgehead atoms. The Morgan fingerprint density at radius 2 is 2.00 bits per heavy atom. The van der Waals surface area contributed by atoms with E-state index in [9.17, 15) is 14.7 Å². The quantitative estimate of drug-likeness (QED) is 0.398. The standard InChI is InChI=1S/C24H23N3O4/c1-2-31-24(30)20(12-10-16-14-26-19-8-4-3-7-17(16)19)27-23(29)18-11-9-15-6-5-13-25-21(15)22(18)28/h3-9,11,13-14,20,26,28H,2,10,12H2,1H3,(H,27,29). The van der Waals surface area contributed by atoms with Crippen molar-refractivity contribution < 1.29 is 19.4 Å². The van der Waals surface area contributed by atoms with Crippen molar-refractivity contribution in [2.75, 3.05) is 6.61 Å². The van der Waals surface area contributed by atoms with Crippen LogP contribution in [0.15, 0.2) is 60.9 Å². The molecule has 0 fully saturated rings. The summed E-state index contributed by atoms with van der Waals surface area (Å²) in [5, 5.41) is 15.1. The van der Waals surface area contributed by atoms with Crippen LogP contribution in [0.3, 0.4) is 0 Å². The monoisotopic (exact) mass is 417 g/mol. The van der Waals surface area contributed by atoms with E-state index in [0.717, 1.165) is 21.9 Å². The number of aromatic nitrogens is 2. The number of hydrogen-bond acceptors (Lipinski definition) is 5. The summed E-state index contributed by atoms with van der Waals surface area (Å²) in [6, 6.07) is 13.9. The van der Waals surface area contributed by atoms with Crippen LogP contribution in [0.2, 0.25) is 0 Å². The molecule has 31 heavy (non-hydrogen) atoms. The Morgan fingerprint density at radius 3 is 2.84 bits per heavy atom. The number of rotatable bonds is 7. The molecule has 2 aromatic carbocycles. The number of benzene rings is 2. The minimum absolute atomic E-state index is 0.0626. The van der Waals surface area contributed by atoms with E-state index in [1.807, 2.05) is 30.5 Å². The number of para-hydroxylation sites is 1. The van der Waals surface area contributed by atoms with E-state index in [0.29, 0.717) is 18.4 Å². The zero-order valence-corrected chi connectivity index (χ0v) is 17.1. The van der Waals surface area contributed by atoms with E-state index in [1.165, 1.54) is 6.07 Å². The van der Waals surface area contributed by atoms with Crippen molar-refractivity contribution >= 4 is 33.7 Å². The normalized spacial score (nSPS) is 12.0. The maximum Gasteiger partial charge on any atom is 0.328 e. The Balaban J connectivity index is 1.54. The third-order valence-corrected chi connectivity index (χ3v) is 5.25. The zero-order chi connectivity index (χ0) is 21.8. The van der Waals surface area contributed by atoms with Crippen LogP contribution >= 0.6 is 0 Å². The lowest BCUT2D eigenvalue weighted by molar-refractivity contribution is -0.145. The molecule has 0 saturated carbocycles. The maximum atomic E-state index is 12.9. The van der Waals surface area contributed by atoms with Gasteiger partial charge in [0.25, 0.3) is 5.91 Å². The van der Waals surface area contributed by atoms with E-state index in [4.69, 9.17) is 4.74 Å². The number of pyridine rings is 1. The number of fused-ring (bicyclic) bond motifs is 2. The van der Waals surface area contributed by atoms with Crippen molar-refractivity contribution in [3.63, 3.8) is 0 Å². The molecular weight excluding hydrogens is 394 g/mol. The van der Waals surface area contributed by atoms with Crippen LogP contribution in [-0.4, -0.2) is 39.6 Å². The highest BCUT2D eigenvalue weighted by molar-refractivity contribution is 6.03. The molecule has 3 N–H and O–H groups in total. The molecule has 0 aliphatic rings. The van der Waals surface area contributed by atoms with Gasteiger partial charge in [0.1, 0.15) is 11.6 Å². The number of nitrogens with one attached hydrogen (secondary N) is 2. The van der Waals surface area contributed by atoms with Gasteiger partial charge in [-0.2, -0.15) is 0 Å². The number of aromatic amines is 1. The third kappa shape index (κ3) is 4.21. The number of esters is 1. The van der Waals surface area contributed by atoms with Crippen molar-refractivity contribution in [3.8, 4) is 5.75 Å².